The van der Waals surface area contributed by atoms with Crippen LogP contribution in [0.4, 0.5) is 10.1 Å². The monoisotopic (exact) mass is 330 g/mol. The number of para-hydroxylation sites is 1. The first kappa shape index (κ1) is 18.4. The quantitative estimate of drug-likeness (QED) is 0.707. The highest BCUT2D eigenvalue weighted by Crippen LogP contribution is 2.21. The Hall–Kier alpha value is -1.63. The van der Waals surface area contributed by atoms with Crippen LogP contribution in [-0.2, 0) is 14.8 Å². The van der Waals surface area contributed by atoms with Gasteiger partial charge in [-0.2, -0.15) is 0 Å². The summed E-state index contributed by atoms with van der Waals surface area (Å²) >= 11 is 0. The molecular formula is C15H23FN2O3S. The Morgan fingerprint density at radius 2 is 1.95 bits per heavy atom. The van der Waals surface area contributed by atoms with Crippen LogP contribution in [0.15, 0.2) is 24.3 Å². The summed E-state index contributed by atoms with van der Waals surface area (Å²) in [6.45, 7) is 2.56. The average molecular weight is 330 g/mol. The summed E-state index contributed by atoms with van der Waals surface area (Å²) in [7, 11) is -3.65. The van der Waals surface area contributed by atoms with E-state index in [0.29, 0.717) is 6.54 Å². The molecule has 1 aromatic carbocycles. The number of anilines is 1. The van der Waals surface area contributed by atoms with E-state index < -0.39 is 15.8 Å². The summed E-state index contributed by atoms with van der Waals surface area (Å²) in [6, 6.07) is 5.62. The van der Waals surface area contributed by atoms with Crippen molar-refractivity contribution in [2.45, 2.75) is 32.6 Å². The Morgan fingerprint density at radius 3 is 2.55 bits per heavy atom. The molecule has 0 spiro atoms. The lowest BCUT2D eigenvalue weighted by atomic mass is 10.2. The number of nitrogens with zero attached hydrogens (tertiary/aromatic N) is 1. The molecule has 124 valence electrons. The molecule has 22 heavy (non-hydrogen) atoms. The van der Waals surface area contributed by atoms with Crippen LogP contribution in [0, 0.1) is 5.82 Å². The lowest BCUT2D eigenvalue weighted by Gasteiger charge is -2.22. The Labute approximate surface area is 131 Å². The number of benzene rings is 1. The first-order valence-corrected chi connectivity index (χ1v) is 9.20. The Morgan fingerprint density at radius 1 is 1.27 bits per heavy atom. The number of hydrogen-bond donors (Lipinski definition) is 1. The van der Waals surface area contributed by atoms with Crippen molar-refractivity contribution in [3.63, 3.8) is 0 Å². The van der Waals surface area contributed by atoms with Gasteiger partial charge < -0.3 is 5.32 Å². The SMILES string of the molecule is CCCCCNC(=O)CCN(c1ccccc1F)S(C)(=O)=O. The highest BCUT2D eigenvalue weighted by Gasteiger charge is 2.21. The number of unbranched alkanes of at least 4 members (excludes halogenated alkanes) is 2. The first-order valence-electron chi connectivity index (χ1n) is 7.35. The van der Waals surface area contributed by atoms with Crippen LogP contribution < -0.4 is 9.62 Å². The van der Waals surface area contributed by atoms with Gasteiger partial charge in [0.1, 0.15) is 5.82 Å². The number of nitrogens with one attached hydrogen (secondary N) is 1. The minimum absolute atomic E-state index is 0.00642. The molecule has 7 heteroatoms. The average Bonchev–Trinajstić information content (AvgIpc) is 2.44. The minimum Gasteiger partial charge on any atom is -0.356 e. The van der Waals surface area contributed by atoms with Crippen molar-refractivity contribution in [1.82, 2.24) is 5.32 Å². The fourth-order valence-corrected chi connectivity index (χ4v) is 2.94. The van der Waals surface area contributed by atoms with Crippen LogP contribution in [0.1, 0.15) is 32.6 Å². The molecule has 0 atom stereocenters. The van der Waals surface area contributed by atoms with E-state index in [2.05, 4.69) is 12.2 Å². The second-order valence-electron chi connectivity index (χ2n) is 5.09. The third kappa shape index (κ3) is 6.01. The second kappa shape index (κ2) is 8.73. The predicted octanol–water partition coefficient (Wildman–Crippen LogP) is 2.29. The van der Waals surface area contributed by atoms with Crippen LogP contribution in [0.3, 0.4) is 0 Å². The highest BCUT2D eigenvalue weighted by atomic mass is 32.2. The smallest absolute Gasteiger partial charge is 0.232 e. The number of hydrogen-bond acceptors (Lipinski definition) is 3. The molecule has 1 N–H and O–H groups in total. The van der Waals surface area contributed by atoms with Crippen LogP contribution in [0.5, 0.6) is 0 Å². The molecule has 0 saturated heterocycles. The number of carbonyl (C=O) groups is 1. The van der Waals surface area contributed by atoms with Crippen molar-refractivity contribution in [3.05, 3.63) is 30.1 Å². The van der Waals surface area contributed by atoms with Crippen molar-refractivity contribution in [1.29, 1.82) is 0 Å². The van der Waals surface area contributed by atoms with Gasteiger partial charge in [0, 0.05) is 19.5 Å². The molecule has 0 radical (unpaired) electrons. The van der Waals surface area contributed by atoms with Gasteiger partial charge in [0.2, 0.25) is 15.9 Å². The standard InChI is InChI=1S/C15H23FN2O3S/c1-3-4-7-11-17-15(19)10-12-18(22(2,20)21)14-9-6-5-8-13(14)16/h5-6,8-9H,3-4,7,10-12H2,1-2H3,(H,17,19). The molecular weight excluding hydrogens is 307 g/mol. The van der Waals surface area contributed by atoms with Crippen molar-refractivity contribution < 1.29 is 17.6 Å². The number of halogens is 1. The fourth-order valence-electron chi connectivity index (χ4n) is 2.01. The summed E-state index contributed by atoms with van der Waals surface area (Å²) in [6.07, 6.45) is 3.98. The molecule has 1 aromatic rings. The third-order valence-corrected chi connectivity index (χ3v) is 4.35. The molecule has 0 bridgehead atoms. The van der Waals surface area contributed by atoms with Crippen LogP contribution >= 0.6 is 0 Å². The van der Waals surface area contributed by atoms with Gasteiger partial charge in [-0.15, -0.1) is 0 Å². The van der Waals surface area contributed by atoms with Crippen LogP contribution in [-0.4, -0.2) is 33.7 Å². The predicted molar refractivity (Wildman–Crippen MR) is 85.7 cm³/mol. The van der Waals surface area contributed by atoms with E-state index >= 15 is 0 Å². The van der Waals surface area contributed by atoms with Gasteiger partial charge in [0.05, 0.1) is 11.9 Å². The van der Waals surface area contributed by atoms with Crippen molar-refractivity contribution in [2.24, 2.45) is 0 Å². The van der Waals surface area contributed by atoms with Gasteiger partial charge in [-0.1, -0.05) is 31.9 Å². The van der Waals surface area contributed by atoms with E-state index in [1.807, 2.05) is 0 Å². The highest BCUT2D eigenvalue weighted by molar-refractivity contribution is 7.92. The van der Waals surface area contributed by atoms with Gasteiger partial charge in [0.25, 0.3) is 0 Å². The van der Waals surface area contributed by atoms with Gasteiger partial charge >= 0.3 is 0 Å². The zero-order valence-electron chi connectivity index (χ0n) is 13.0. The lowest BCUT2D eigenvalue weighted by Crippen LogP contribution is -2.35. The topological polar surface area (TPSA) is 66.5 Å². The zero-order valence-corrected chi connectivity index (χ0v) is 13.8. The fraction of sp³-hybridized carbons (Fsp3) is 0.533. The van der Waals surface area contributed by atoms with Gasteiger partial charge in [0.15, 0.2) is 0 Å². The number of carbonyl (C=O) groups excluding carboxylic acids is 1. The van der Waals surface area contributed by atoms with E-state index in [4.69, 9.17) is 0 Å². The molecule has 1 rings (SSSR count). The van der Waals surface area contributed by atoms with Crippen LogP contribution in [0.2, 0.25) is 0 Å². The minimum atomic E-state index is -3.65. The maximum absolute atomic E-state index is 13.8. The Bertz CT molecular complexity index is 590. The van der Waals surface area contributed by atoms with Gasteiger partial charge in [-0.05, 0) is 18.6 Å². The summed E-state index contributed by atoms with van der Waals surface area (Å²) in [5.41, 5.74) is -0.0382. The van der Waals surface area contributed by atoms with Gasteiger partial charge in [-0.25, -0.2) is 12.8 Å². The Kier molecular flexibility index (Phi) is 7.31. The molecule has 0 saturated carbocycles. The molecule has 0 fully saturated rings. The van der Waals surface area contributed by atoms with Crippen molar-refractivity contribution in [2.75, 3.05) is 23.7 Å². The lowest BCUT2D eigenvalue weighted by molar-refractivity contribution is -0.120. The number of amides is 1. The van der Waals surface area contributed by atoms with E-state index in [1.54, 1.807) is 6.07 Å². The maximum atomic E-state index is 13.8. The van der Waals surface area contributed by atoms with Crippen molar-refractivity contribution in [3.8, 4) is 0 Å². The normalized spacial score (nSPS) is 11.2. The number of sulfonamides is 1. The van der Waals surface area contributed by atoms with E-state index in [9.17, 15) is 17.6 Å². The zero-order chi connectivity index (χ0) is 16.6. The summed E-state index contributed by atoms with van der Waals surface area (Å²) < 4.78 is 38.3. The third-order valence-electron chi connectivity index (χ3n) is 3.17. The molecule has 1 amide bonds. The van der Waals surface area contributed by atoms with E-state index in [-0.39, 0.29) is 24.6 Å². The Balaban J connectivity index is 2.65. The van der Waals surface area contributed by atoms with E-state index in [0.717, 1.165) is 29.8 Å². The van der Waals surface area contributed by atoms with E-state index in [1.165, 1.54) is 18.2 Å². The van der Waals surface area contributed by atoms with Gasteiger partial charge in [-0.3, -0.25) is 9.10 Å². The molecule has 0 aromatic heterocycles. The number of rotatable bonds is 9. The summed E-state index contributed by atoms with van der Waals surface area (Å²) in [4.78, 5) is 11.7. The molecule has 0 aliphatic rings. The summed E-state index contributed by atoms with van der Waals surface area (Å²) in [5, 5.41) is 2.74. The van der Waals surface area contributed by atoms with Crippen LogP contribution in [0.25, 0.3) is 0 Å². The second-order valence-corrected chi connectivity index (χ2v) is 7.00. The molecule has 0 aliphatic heterocycles. The largest absolute Gasteiger partial charge is 0.356 e. The van der Waals surface area contributed by atoms with Crippen molar-refractivity contribution >= 4 is 21.6 Å². The maximum Gasteiger partial charge on any atom is 0.232 e. The first-order chi connectivity index (χ1) is 10.4. The molecule has 5 nitrogen and oxygen atoms in total. The molecule has 0 unspecified atom stereocenters. The molecule has 0 heterocycles. The molecule has 0 aliphatic carbocycles. The summed E-state index contributed by atoms with van der Waals surface area (Å²) in [5.74, 6) is -0.864.